The number of likely N-dealkylation sites (N-methyl/N-ethyl adjacent to an activating group) is 1. The van der Waals surface area contributed by atoms with Crippen LogP contribution in [0.15, 0.2) is 17.5 Å². The van der Waals surface area contributed by atoms with Crippen molar-refractivity contribution >= 4 is 11.3 Å². The van der Waals surface area contributed by atoms with E-state index in [1.807, 2.05) is 11.3 Å². The van der Waals surface area contributed by atoms with E-state index in [0.29, 0.717) is 12.0 Å². The molecule has 0 spiro atoms. The molecule has 86 valence electrons. The van der Waals surface area contributed by atoms with Crippen LogP contribution in [0.2, 0.25) is 0 Å². The highest BCUT2D eigenvalue weighted by Crippen LogP contribution is 2.09. The summed E-state index contributed by atoms with van der Waals surface area (Å²) < 4.78 is 0. The van der Waals surface area contributed by atoms with Crippen molar-refractivity contribution in [1.82, 2.24) is 4.90 Å². The lowest BCUT2D eigenvalue weighted by atomic mass is 10.1. The largest absolute Gasteiger partial charge is 0.326 e. The summed E-state index contributed by atoms with van der Waals surface area (Å²) in [5.41, 5.74) is 6.03. The lowest BCUT2D eigenvalue weighted by Crippen LogP contribution is -2.39. The van der Waals surface area contributed by atoms with E-state index in [4.69, 9.17) is 5.73 Å². The maximum atomic E-state index is 6.03. The summed E-state index contributed by atoms with van der Waals surface area (Å²) >= 11 is 1.83. The first-order valence-corrected chi connectivity index (χ1v) is 6.44. The van der Waals surface area contributed by atoms with Crippen molar-refractivity contribution in [3.8, 4) is 0 Å². The van der Waals surface area contributed by atoms with Crippen molar-refractivity contribution in [3.63, 3.8) is 0 Å². The fourth-order valence-electron chi connectivity index (χ4n) is 1.42. The van der Waals surface area contributed by atoms with E-state index in [1.54, 1.807) is 0 Å². The Bertz CT molecular complexity index is 257. The Labute approximate surface area is 97.1 Å². The summed E-state index contributed by atoms with van der Waals surface area (Å²) in [6.45, 7) is 6.44. The number of rotatable bonds is 6. The van der Waals surface area contributed by atoms with Gasteiger partial charge in [0, 0.05) is 24.0 Å². The summed E-state index contributed by atoms with van der Waals surface area (Å²) in [5, 5.41) is 2.13. The molecule has 1 aromatic heterocycles. The molecule has 0 saturated heterocycles. The first-order valence-electron chi connectivity index (χ1n) is 5.56. The zero-order valence-corrected chi connectivity index (χ0v) is 10.8. The Morgan fingerprint density at radius 1 is 1.47 bits per heavy atom. The summed E-state index contributed by atoms with van der Waals surface area (Å²) in [6, 6.07) is 4.60. The van der Waals surface area contributed by atoms with Crippen molar-refractivity contribution in [2.24, 2.45) is 11.7 Å². The van der Waals surface area contributed by atoms with E-state index in [2.05, 4.69) is 43.3 Å². The summed E-state index contributed by atoms with van der Waals surface area (Å²) in [5.74, 6) is 0.564. The van der Waals surface area contributed by atoms with Crippen molar-refractivity contribution in [3.05, 3.63) is 22.4 Å². The van der Waals surface area contributed by atoms with Gasteiger partial charge in [0.05, 0.1) is 0 Å². The van der Waals surface area contributed by atoms with Crippen LogP contribution in [-0.4, -0.2) is 31.1 Å². The Balaban J connectivity index is 2.21. The molecule has 1 heterocycles. The van der Waals surface area contributed by atoms with Crippen molar-refractivity contribution in [2.45, 2.75) is 26.3 Å². The third-order valence-corrected chi connectivity index (χ3v) is 3.63. The second kappa shape index (κ2) is 6.26. The molecule has 0 aromatic carbocycles. The van der Waals surface area contributed by atoms with Gasteiger partial charge in [0.25, 0.3) is 0 Å². The molecule has 0 radical (unpaired) electrons. The van der Waals surface area contributed by atoms with Gasteiger partial charge in [-0.3, -0.25) is 0 Å². The maximum Gasteiger partial charge on any atom is 0.0191 e. The number of hydrogen-bond donors (Lipinski definition) is 1. The summed E-state index contributed by atoms with van der Waals surface area (Å²) in [6.07, 6.45) is 1.14. The lowest BCUT2D eigenvalue weighted by molar-refractivity contribution is 0.287. The zero-order chi connectivity index (χ0) is 11.3. The van der Waals surface area contributed by atoms with Gasteiger partial charge in [-0.05, 0) is 30.8 Å². The van der Waals surface area contributed by atoms with Gasteiger partial charge < -0.3 is 10.6 Å². The summed E-state index contributed by atoms with van der Waals surface area (Å²) in [4.78, 5) is 3.78. The van der Waals surface area contributed by atoms with Crippen molar-refractivity contribution in [2.75, 3.05) is 20.1 Å². The average Bonchev–Trinajstić information content (AvgIpc) is 2.66. The summed E-state index contributed by atoms with van der Waals surface area (Å²) in [7, 11) is 2.15. The van der Waals surface area contributed by atoms with Gasteiger partial charge in [0.1, 0.15) is 0 Å². The van der Waals surface area contributed by atoms with Crippen LogP contribution in [0.5, 0.6) is 0 Å². The number of nitrogens with two attached hydrogens (primary N) is 1. The minimum atomic E-state index is 0.290. The standard InChI is InChI=1S/C12H22N2S/c1-10(2)12(13)9-14(3)7-6-11-5-4-8-15-11/h4-5,8,10,12H,6-7,9,13H2,1-3H3. The quantitative estimate of drug-likeness (QED) is 0.806. The first kappa shape index (κ1) is 12.7. The smallest absolute Gasteiger partial charge is 0.0191 e. The SMILES string of the molecule is CC(C)C(N)CN(C)CCc1cccs1. The van der Waals surface area contributed by atoms with Crippen LogP contribution in [0.1, 0.15) is 18.7 Å². The molecule has 3 heteroatoms. The molecule has 1 unspecified atom stereocenters. The van der Waals surface area contributed by atoms with Gasteiger partial charge in [-0.1, -0.05) is 19.9 Å². The Hall–Kier alpha value is -0.380. The third kappa shape index (κ3) is 4.78. The highest BCUT2D eigenvalue weighted by molar-refractivity contribution is 7.09. The van der Waals surface area contributed by atoms with Gasteiger partial charge in [-0.25, -0.2) is 0 Å². The number of nitrogens with zero attached hydrogens (tertiary/aromatic N) is 1. The van der Waals surface area contributed by atoms with Crippen molar-refractivity contribution in [1.29, 1.82) is 0 Å². The molecule has 0 aliphatic carbocycles. The van der Waals surface area contributed by atoms with Crippen LogP contribution >= 0.6 is 11.3 Å². The van der Waals surface area contributed by atoms with Crippen LogP contribution in [0.4, 0.5) is 0 Å². The third-order valence-electron chi connectivity index (χ3n) is 2.70. The molecular formula is C12H22N2S. The van der Waals surface area contributed by atoms with Crippen LogP contribution < -0.4 is 5.73 Å². The van der Waals surface area contributed by atoms with Gasteiger partial charge >= 0.3 is 0 Å². The van der Waals surface area contributed by atoms with Crippen LogP contribution in [-0.2, 0) is 6.42 Å². The van der Waals surface area contributed by atoms with E-state index < -0.39 is 0 Å². The number of thiophene rings is 1. The Morgan fingerprint density at radius 3 is 2.73 bits per heavy atom. The minimum Gasteiger partial charge on any atom is -0.326 e. The average molecular weight is 226 g/mol. The highest BCUT2D eigenvalue weighted by atomic mass is 32.1. The second-order valence-electron chi connectivity index (χ2n) is 4.50. The second-order valence-corrected chi connectivity index (χ2v) is 5.53. The lowest BCUT2D eigenvalue weighted by Gasteiger charge is -2.23. The predicted octanol–water partition coefficient (Wildman–Crippen LogP) is 2.21. The van der Waals surface area contributed by atoms with Crippen molar-refractivity contribution < 1.29 is 0 Å². The molecular weight excluding hydrogens is 204 g/mol. The first-order chi connectivity index (χ1) is 7.09. The van der Waals surface area contributed by atoms with Crippen LogP contribution in [0, 0.1) is 5.92 Å². The highest BCUT2D eigenvalue weighted by Gasteiger charge is 2.10. The van der Waals surface area contributed by atoms with E-state index >= 15 is 0 Å². The zero-order valence-electron chi connectivity index (χ0n) is 9.94. The molecule has 0 saturated carbocycles. The minimum absolute atomic E-state index is 0.290. The van der Waals surface area contributed by atoms with Gasteiger partial charge in [-0.15, -0.1) is 11.3 Å². The number of hydrogen-bond acceptors (Lipinski definition) is 3. The molecule has 1 rings (SSSR count). The molecule has 0 amide bonds. The molecule has 1 aromatic rings. The molecule has 0 bridgehead atoms. The van der Waals surface area contributed by atoms with E-state index in [0.717, 1.165) is 19.5 Å². The molecule has 0 aliphatic rings. The fourth-order valence-corrected chi connectivity index (χ4v) is 2.12. The van der Waals surface area contributed by atoms with Gasteiger partial charge in [0.15, 0.2) is 0 Å². The Kier molecular flexibility index (Phi) is 5.29. The molecule has 0 fully saturated rings. The topological polar surface area (TPSA) is 29.3 Å². The van der Waals surface area contributed by atoms with E-state index in [-0.39, 0.29) is 0 Å². The molecule has 2 nitrogen and oxygen atoms in total. The molecule has 2 N–H and O–H groups in total. The van der Waals surface area contributed by atoms with Crippen LogP contribution in [0.3, 0.4) is 0 Å². The van der Waals surface area contributed by atoms with Crippen LogP contribution in [0.25, 0.3) is 0 Å². The van der Waals surface area contributed by atoms with E-state index in [9.17, 15) is 0 Å². The normalized spacial score (nSPS) is 13.7. The van der Waals surface area contributed by atoms with Gasteiger partial charge in [0.2, 0.25) is 0 Å². The predicted molar refractivity (Wildman–Crippen MR) is 68.3 cm³/mol. The molecule has 15 heavy (non-hydrogen) atoms. The molecule has 0 aliphatic heterocycles. The monoisotopic (exact) mass is 226 g/mol. The van der Waals surface area contributed by atoms with Gasteiger partial charge in [-0.2, -0.15) is 0 Å². The molecule has 1 atom stereocenters. The fraction of sp³-hybridized carbons (Fsp3) is 0.667. The van der Waals surface area contributed by atoms with E-state index in [1.165, 1.54) is 4.88 Å². The Morgan fingerprint density at radius 2 is 2.20 bits per heavy atom. The maximum absolute atomic E-state index is 6.03.